The Kier molecular flexibility index (Phi) is 4.56. The standard InChI is InChI=1S/C16H17N3O2/c1-19(2)15-9-3-12(4-10-15)11-17-18-14-7-5-13(6-8-14)16(20)21/h3-11,18H,1-2H3,(H,20,21)/b17-11-. The maximum atomic E-state index is 10.7. The number of rotatable bonds is 5. The van der Waals surface area contributed by atoms with Crippen LogP contribution in [0.25, 0.3) is 0 Å². The molecular formula is C16H17N3O2. The van der Waals surface area contributed by atoms with Crippen molar-refractivity contribution in [2.75, 3.05) is 24.4 Å². The van der Waals surface area contributed by atoms with E-state index in [1.165, 1.54) is 12.1 Å². The summed E-state index contributed by atoms with van der Waals surface area (Å²) in [7, 11) is 3.98. The molecule has 2 N–H and O–H groups in total. The third kappa shape index (κ3) is 4.07. The minimum Gasteiger partial charge on any atom is -0.478 e. The van der Waals surface area contributed by atoms with Gasteiger partial charge in [0.2, 0.25) is 0 Å². The number of hydrogen-bond acceptors (Lipinski definition) is 4. The van der Waals surface area contributed by atoms with E-state index in [1.54, 1.807) is 18.3 Å². The Bertz CT molecular complexity index is 632. The number of carboxylic acids is 1. The highest BCUT2D eigenvalue weighted by Crippen LogP contribution is 2.12. The molecule has 0 bridgehead atoms. The molecule has 0 saturated heterocycles. The maximum absolute atomic E-state index is 10.7. The summed E-state index contributed by atoms with van der Waals surface area (Å²) in [5, 5.41) is 12.9. The zero-order valence-electron chi connectivity index (χ0n) is 11.9. The molecule has 2 aromatic carbocycles. The summed E-state index contributed by atoms with van der Waals surface area (Å²) < 4.78 is 0. The van der Waals surface area contributed by atoms with Crippen molar-refractivity contribution < 1.29 is 9.90 Å². The summed E-state index contributed by atoms with van der Waals surface area (Å²) in [4.78, 5) is 12.8. The highest BCUT2D eigenvalue weighted by atomic mass is 16.4. The summed E-state index contributed by atoms with van der Waals surface area (Å²) in [6.07, 6.45) is 1.71. The average Bonchev–Trinajstić information content (AvgIpc) is 2.48. The van der Waals surface area contributed by atoms with Gasteiger partial charge in [0.25, 0.3) is 0 Å². The van der Waals surface area contributed by atoms with Gasteiger partial charge in [0, 0.05) is 19.8 Å². The second-order valence-corrected chi connectivity index (χ2v) is 4.74. The highest BCUT2D eigenvalue weighted by Gasteiger charge is 2.00. The molecule has 0 radical (unpaired) electrons. The Labute approximate surface area is 123 Å². The van der Waals surface area contributed by atoms with Gasteiger partial charge in [-0.05, 0) is 42.0 Å². The van der Waals surface area contributed by atoms with Crippen molar-refractivity contribution in [2.24, 2.45) is 5.10 Å². The predicted molar refractivity (Wildman–Crippen MR) is 85.4 cm³/mol. The Morgan fingerprint density at radius 1 is 1.10 bits per heavy atom. The topological polar surface area (TPSA) is 64.9 Å². The van der Waals surface area contributed by atoms with E-state index in [-0.39, 0.29) is 5.56 Å². The molecule has 5 heteroatoms. The van der Waals surface area contributed by atoms with E-state index in [2.05, 4.69) is 10.5 Å². The zero-order chi connectivity index (χ0) is 15.2. The maximum Gasteiger partial charge on any atom is 0.335 e. The fraction of sp³-hybridized carbons (Fsp3) is 0.125. The van der Waals surface area contributed by atoms with Crippen LogP contribution in [-0.2, 0) is 0 Å². The monoisotopic (exact) mass is 283 g/mol. The number of aromatic carboxylic acids is 1. The highest BCUT2D eigenvalue weighted by molar-refractivity contribution is 5.88. The van der Waals surface area contributed by atoms with Crippen LogP contribution in [0.1, 0.15) is 15.9 Å². The number of nitrogens with one attached hydrogen (secondary N) is 1. The van der Waals surface area contributed by atoms with Gasteiger partial charge in [-0.3, -0.25) is 5.43 Å². The fourth-order valence-corrected chi connectivity index (χ4v) is 1.73. The summed E-state index contributed by atoms with van der Waals surface area (Å²) in [5.74, 6) is -0.939. The van der Waals surface area contributed by atoms with Crippen molar-refractivity contribution in [1.82, 2.24) is 0 Å². The largest absolute Gasteiger partial charge is 0.478 e. The third-order valence-electron chi connectivity index (χ3n) is 2.95. The molecule has 2 rings (SSSR count). The first-order valence-electron chi connectivity index (χ1n) is 6.46. The van der Waals surface area contributed by atoms with Crippen molar-refractivity contribution in [3.8, 4) is 0 Å². The van der Waals surface area contributed by atoms with Crippen molar-refractivity contribution in [3.05, 3.63) is 59.7 Å². The number of hydrogen-bond donors (Lipinski definition) is 2. The molecule has 5 nitrogen and oxygen atoms in total. The van der Waals surface area contributed by atoms with Gasteiger partial charge in [-0.2, -0.15) is 5.10 Å². The van der Waals surface area contributed by atoms with Gasteiger partial charge in [-0.15, -0.1) is 0 Å². The summed E-state index contributed by atoms with van der Waals surface area (Å²) in [6, 6.07) is 14.4. The third-order valence-corrected chi connectivity index (χ3v) is 2.95. The Morgan fingerprint density at radius 2 is 1.71 bits per heavy atom. The molecule has 0 aliphatic heterocycles. The van der Waals surface area contributed by atoms with Crippen LogP contribution in [0, 0.1) is 0 Å². The number of hydrazone groups is 1. The molecule has 0 unspecified atom stereocenters. The number of carboxylic acid groups (broad SMARTS) is 1. The summed E-state index contributed by atoms with van der Waals surface area (Å²) in [5.41, 5.74) is 5.96. The first kappa shape index (κ1) is 14.6. The van der Waals surface area contributed by atoms with E-state index >= 15 is 0 Å². The number of carbonyl (C=O) groups is 1. The van der Waals surface area contributed by atoms with E-state index in [9.17, 15) is 4.79 Å². The molecule has 0 aliphatic carbocycles. The first-order valence-corrected chi connectivity index (χ1v) is 6.46. The van der Waals surface area contributed by atoms with Crippen LogP contribution >= 0.6 is 0 Å². The number of nitrogens with zero attached hydrogens (tertiary/aromatic N) is 2. The molecule has 108 valence electrons. The van der Waals surface area contributed by atoms with Gasteiger partial charge in [0.05, 0.1) is 17.5 Å². The average molecular weight is 283 g/mol. The zero-order valence-corrected chi connectivity index (χ0v) is 11.9. The molecule has 0 aliphatic rings. The van der Waals surface area contributed by atoms with Crippen LogP contribution in [0.5, 0.6) is 0 Å². The first-order chi connectivity index (χ1) is 10.1. The number of anilines is 2. The summed E-state index contributed by atoms with van der Waals surface area (Å²) in [6.45, 7) is 0. The lowest BCUT2D eigenvalue weighted by Gasteiger charge is -2.11. The molecule has 0 spiro atoms. The van der Waals surface area contributed by atoms with Crippen molar-refractivity contribution in [1.29, 1.82) is 0 Å². The van der Waals surface area contributed by atoms with Crippen LogP contribution < -0.4 is 10.3 Å². The smallest absolute Gasteiger partial charge is 0.335 e. The Balaban J connectivity index is 1.97. The molecule has 2 aromatic rings. The molecule has 0 saturated carbocycles. The van der Waals surface area contributed by atoms with E-state index in [4.69, 9.17) is 5.11 Å². The second-order valence-electron chi connectivity index (χ2n) is 4.74. The van der Waals surface area contributed by atoms with Crippen LogP contribution in [0.2, 0.25) is 0 Å². The van der Waals surface area contributed by atoms with E-state index in [0.717, 1.165) is 16.9 Å². The van der Waals surface area contributed by atoms with Crippen molar-refractivity contribution >= 4 is 23.6 Å². The van der Waals surface area contributed by atoms with Gasteiger partial charge >= 0.3 is 5.97 Å². The van der Waals surface area contributed by atoms with Gasteiger partial charge < -0.3 is 10.0 Å². The SMILES string of the molecule is CN(C)c1ccc(/C=N\Nc2ccc(C(=O)O)cc2)cc1. The van der Waals surface area contributed by atoms with Gasteiger partial charge in [-0.1, -0.05) is 12.1 Å². The van der Waals surface area contributed by atoms with Crippen LogP contribution in [0.15, 0.2) is 53.6 Å². The van der Waals surface area contributed by atoms with E-state index < -0.39 is 5.97 Å². The lowest BCUT2D eigenvalue weighted by Crippen LogP contribution is -2.08. The Morgan fingerprint density at radius 3 is 2.24 bits per heavy atom. The van der Waals surface area contributed by atoms with Crippen LogP contribution in [0.4, 0.5) is 11.4 Å². The molecule has 0 amide bonds. The molecule has 0 aromatic heterocycles. The summed E-state index contributed by atoms with van der Waals surface area (Å²) >= 11 is 0. The van der Waals surface area contributed by atoms with Crippen molar-refractivity contribution in [3.63, 3.8) is 0 Å². The van der Waals surface area contributed by atoms with Gasteiger partial charge in [0.1, 0.15) is 0 Å². The van der Waals surface area contributed by atoms with Crippen LogP contribution in [0.3, 0.4) is 0 Å². The van der Waals surface area contributed by atoms with E-state index in [1.807, 2.05) is 43.3 Å². The van der Waals surface area contributed by atoms with Gasteiger partial charge in [0.15, 0.2) is 0 Å². The Hall–Kier alpha value is -2.82. The quantitative estimate of drug-likeness (QED) is 0.654. The molecule has 0 heterocycles. The van der Waals surface area contributed by atoms with Crippen molar-refractivity contribution in [2.45, 2.75) is 0 Å². The van der Waals surface area contributed by atoms with E-state index in [0.29, 0.717) is 0 Å². The minimum atomic E-state index is -0.939. The lowest BCUT2D eigenvalue weighted by molar-refractivity contribution is 0.0697. The van der Waals surface area contributed by atoms with Crippen LogP contribution in [-0.4, -0.2) is 31.4 Å². The molecule has 0 fully saturated rings. The minimum absolute atomic E-state index is 0.254. The molecular weight excluding hydrogens is 266 g/mol. The van der Waals surface area contributed by atoms with Gasteiger partial charge in [-0.25, -0.2) is 4.79 Å². The second kappa shape index (κ2) is 6.56. The fourth-order valence-electron chi connectivity index (χ4n) is 1.73. The number of benzene rings is 2. The molecule has 21 heavy (non-hydrogen) atoms. The molecule has 0 atom stereocenters. The predicted octanol–water partition coefficient (Wildman–Crippen LogP) is 2.90. The normalized spacial score (nSPS) is 10.6. The lowest BCUT2D eigenvalue weighted by atomic mass is 10.2.